The first-order chi connectivity index (χ1) is 7.02. The molecule has 1 atom stereocenters. The zero-order chi connectivity index (χ0) is 11.7. The van der Waals surface area contributed by atoms with Crippen LogP contribution < -0.4 is 0 Å². The van der Waals surface area contributed by atoms with E-state index in [4.69, 9.17) is 13.6 Å². The SMILES string of the molecule is CCCO[Si](C)(C)OCC(C)CCOC. The van der Waals surface area contributed by atoms with Crippen molar-refractivity contribution in [3.05, 3.63) is 0 Å². The lowest BCUT2D eigenvalue weighted by Gasteiger charge is -2.24. The largest absolute Gasteiger partial charge is 0.395 e. The van der Waals surface area contributed by atoms with Crippen LogP contribution in [0.5, 0.6) is 0 Å². The van der Waals surface area contributed by atoms with Gasteiger partial charge in [-0.1, -0.05) is 13.8 Å². The van der Waals surface area contributed by atoms with Gasteiger partial charge in [-0.05, 0) is 31.9 Å². The molecule has 0 heterocycles. The molecule has 0 fully saturated rings. The molecule has 15 heavy (non-hydrogen) atoms. The van der Waals surface area contributed by atoms with Crippen molar-refractivity contribution >= 4 is 8.56 Å². The van der Waals surface area contributed by atoms with Crippen LogP contribution in [0.3, 0.4) is 0 Å². The number of methoxy groups -OCH3 is 1. The maximum Gasteiger partial charge on any atom is 0.331 e. The number of ether oxygens (including phenoxy) is 1. The van der Waals surface area contributed by atoms with Crippen LogP contribution >= 0.6 is 0 Å². The number of rotatable bonds is 9. The van der Waals surface area contributed by atoms with E-state index in [1.54, 1.807) is 7.11 Å². The minimum absolute atomic E-state index is 0.543. The summed E-state index contributed by atoms with van der Waals surface area (Å²) in [5.41, 5.74) is 0. The standard InChI is InChI=1S/C11H26O3Si/c1-6-8-13-15(4,5)14-10-11(2)7-9-12-3/h11H,6-10H2,1-5H3. The minimum atomic E-state index is -1.87. The third-order valence-corrected chi connectivity index (χ3v) is 3.95. The maximum absolute atomic E-state index is 5.85. The summed E-state index contributed by atoms with van der Waals surface area (Å²) < 4.78 is 16.6. The molecule has 0 saturated carbocycles. The summed E-state index contributed by atoms with van der Waals surface area (Å²) >= 11 is 0. The highest BCUT2D eigenvalue weighted by Gasteiger charge is 2.24. The molecular weight excluding hydrogens is 208 g/mol. The molecule has 0 N–H and O–H groups in total. The molecule has 0 amide bonds. The molecule has 0 aromatic heterocycles. The van der Waals surface area contributed by atoms with Gasteiger partial charge < -0.3 is 13.6 Å². The summed E-state index contributed by atoms with van der Waals surface area (Å²) in [6.07, 6.45) is 2.10. The molecule has 0 radical (unpaired) electrons. The molecule has 4 heteroatoms. The predicted molar refractivity (Wildman–Crippen MR) is 65.3 cm³/mol. The van der Waals surface area contributed by atoms with Gasteiger partial charge in [0.05, 0.1) is 0 Å². The lowest BCUT2D eigenvalue weighted by molar-refractivity contribution is 0.131. The average Bonchev–Trinajstić information content (AvgIpc) is 2.21. The van der Waals surface area contributed by atoms with Crippen molar-refractivity contribution in [2.75, 3.05) is 26.9 Å². The fourth-order valence-electron chi connectivity index (χ4n) is 1.13. The smallest absolute Gasteiger partial charge is 0.331 e. The Kier molecular flexibility index (Phi) is 8.33. The lowest BCUT2D eigenvalue weighted by Crippen LogP contribution is -2.36. The summed E-state index contributed by atoms with van der Waals surface area (Å²) in [7, 11) is -0.134. The van der Waals surface area contributed by atoms with Crippen LogP contribution in [0.4, 0.5) is 0 Å². The van der Waals surface area contributed by atoms with Gasteiger partial charge in [-0.15, -0.1) is 0 Å². The van der Waals surface area contributed by atoms with Crippen LogP contribution in [0.25, 0.3) is 0 Å². The molecule has 3 nitrogen and oxygen atoms in total. The van der Waals surface area contributed by atoms with Crippen molar-refractivity contribution in [3.63, 3.8) is 0 Å². The quantitative estimate of drug-likeness (QED) is 0.574. The van der Waals surface area contributed by atoms with Crippen LogP contribution in [0.15, 0.2) is 0 Å². The second-order valence-electron chi connectivity index (χ2n) is 4.45. The zero-order valence-electron chi connectivity index (χ0n) is 10.8. The summed E-state index contributed by atoms with van der Waals surface area (Å²) in [5.74, 6) is 0.543. The molecule has 0 aromatic rings. The van der Waals surface area contributed by atoms with E-state index in [9.17, 15) is 0 Å². The third kappa shape index (κ3) is 9.05. The summed E-state index contributed by atoms with van der Waals surface area (Å²) in [6, 6.07) is 0. The van der Waals surface area contributed by atoms with E-state index in [1.165, 1.54) is 0 Å². The van der Waals surface area contributed by atoms with Crippen molar-refractivity contribution in [1.82, 2.24) is 0 Å². The van der Waals surface area contributed by atoms with Crippen LogP contribution in [-0.2, 0) is 13.6 Å². The summed E-state index contributed by atoms with van der Waals surface area (Å²) in [6.45, 7) is 10.9. The van der Waals surface area contributed by atoms with Gasteiger partial charge in [0.15, 0.2) is 0 Å². The Hall–Kier alpha value is 0.0969. The van der Waals surface area contributed by atoms with E-state index in [0.29, 0.717) is 5.92 Å². The van der Waals surface area contributed by atoms with Gasteiger partial charge in [-0.25, -0.2) is 0 Å². The van der Waals surface area contributed by atoms with Crippen LogP contribution in [0.1, 0.15) is 26.7 Å². The summed E-state index contributed by atoms with van der Waals surface area (Å²) in [5, 5.41) is 0. The van der Waals surface area contributed by atoms with Gasteiger partial charge in [0, 0.05) is 26.9 Å². The topological polar surface area (TPSA) is 27.7 Å². The van der Waals surface area contributed by atoms with E-state index in [2.05, 4.69) is 26.9 Å². The molecule has 92 valence electrons. The van der Waals surface area contributed by atoms with E-state index < -0.39 is 8.56 Å². The van der Waals surface area contributed by atoms with E-state index >= 15 is 0 Å². The molecule has 0 saturated heterocycles. The van der Waals surface area contributed by atoms with Crippen LogP contribution in [0, 0.1) is 5.92 Å². The fraction of sp³-hybridized carbons (Fsp3) is 1.00. The molecule has 0 aromatic carbocycles. The molecule has 0 spiro atoms. The normalized spacial score (nSPS) is 14.2. The Bertz CT molecular complexity index is 151. The highest BCUT2D eigenvalue weighted by atomic mass is 28.4. The minimum Gasteiger partial charge on any atom is -0.395 e. The first-order valence-corrected chi connectivity index (χ1v) is 8.60. The molecule has 0 bridgehead atoms. The molecule has 0 aliphatic carbocycles. The highest BCUT2D eigenvalue weighted by molar-refractivity contribution is 6.64. The van der Waals surface area contributed by atoms with Crippen molar-refractivity contribution in [2.24, 2.45) is 5.92 Å². The zero-order valence-corrected chi connectivity index (χ0v) is 11.8. The molecular formula is C11H26O3Si. The highest BCUT2D eigenvalue weighted by Crippen LogP contribution is 2.11. The average molecular weight is 234 g/mol. The molecule has 0 rings (SSSR count). The number of hydrogen-bond acceptors (Lipinski definition) is 3. The van der Waals surface area contributed by atoms with Crippen LogP contribution in [0.2, 0.25) is 13.1 Å². The maximum atomic E-state index is 5.85. The Morgan fingerprint density at radius 2 is 1.80 bits per heavy atom. The fourth-order valence-corrected chi connectivity index (χ4v) is 2.60. The van der Waals surface area contributed by atoms with Crippen molar-refractivity contribution < 1.29 is 13.6 Å². The van der Waals surface area contributed by atoms with Gasteiger partial charge in [0.1, 0.15) is 0 Å². The van der Waals surface area contributed by atoms with Crippen LogP contribution in [-0.4, -0.2) is 35.5 Å². The van der Waals surface area contributed by atoms with E-state index in [1.807, 2.05) is 0 Å². The van der Waals surface area contributed by atoms with Gasteiger partial charge in [0.2, 0.25) is 0 Å². The first-order valence-electron chi connectivity index (χ1n) is 5.78. The Balaban J connectivity index is 3.62. The first kappa shape index (κ1) is 15.1. The predicted octanol–water partition coefficient (Wildman–Crippen LogP) is 2.80. The van der Waals surface area contributed by atoms with E-state index in [-0.39, 0.29) is 0 Å². The second kappa shape index (κ2) is 8.27. The van der Waals surface area contributed by atoms with E-state index in [0.717, 1.165) is 32.7 Å². The number of hydrogen-bond donors (Lipinski definition) is 0. The van der Waals surface area contributed by atoms with Gasteiger partial charge in [0.25, 0.3) is 0 Å². The van der Waals surface area contributed by atoms with Gasteiger partial charge in [-0.3, -0.25) is 0 Å². The Morgan fingerprint density at radius 1 is 1.13 bits per heavy atom. The molecule has 1 unspecified atom stereocenters. The Labute approximate surface area is 95.4 Å². The molecule has 0 aliphatic heterocycles. The monoisotopic (exact) mass is 234 g/mol. The second-order valence-corrected chi connectivity index (χ2v) is 7.82. The summed E-state index contributed by atoms with van der Waals surface area (Å²) in [4.78, 5) is 0. The lowest BCUT2D eigenvalue weighted by atomic mass is 10.1. The third-order valence-electron chi connectivity index (χ3n) is 2.18. The van der Waals surface area contributed by atoms with Crippen molar-refractivity contribution in [1.29, 1.82) is 0 Å². The van der Waals surface area contributed by atoms with Gasteiger partial charge >= 0.3 is 8.56 Å². The van der Waals surface area contributed by atoms with Crippen molar-refractivity contribution in [3.8, 4) is 0 Å². The van der Waals surface area contributed by atoms with Crippen molar-refractivity contribution in [2.45, 2.75) is 39.8 Å². The molecule has 0 aliphatic rings. The Morgan fingerprint density at radius 3 is 2.33 bits per heavy atom. The van der Waals surface area contributed by atoms with Gasteiger partial charge in [-0.2, -0.15) is 0 Å².